The van der Waals surface area contributed by atoms with Crippen molar-refractivity contribution in [2.24, 2.45) is 0 Å². The monoisotopic (exact) mass is 294 g/mol. The zero-order chi connectivity index (χ0) is 13.8. The molecular weight excluding hydrogens is 279 g/mol. The van der Waals surface area contributed by atoms with Crippen molar-refractivity contribution in [2.45, 2.75) is 18.7 Å². The second kappa shape index (κ2) is 6.31. The van der Waals surface area contributed by atoms with Crippen LogP contribution < -0.4 is 4.74 Å². The molecule has 0 aliphatic heterocycles. The van der Waals surface area contributed by atoms with Gasteiger partial charge in [-0.3, -0.25) is 0 Å². The van der Waals surface area contributed by atoms with Gasteiger partial charge in [-0.1, -0.05) is 35.9 Å². The van der Waals surface area contributed by atoms with E-state index in [4.69, 9.17) is 27.9 Å². The van der Waals surface area contributed by atoms with Gasteiger partial charge >= 0.3 is 0 Å². The molecule has 1 nitrogen and oxygen atoms in total. The van der Waals surface area contributed by atoms with Crippen molar-refractivity contribution >= 4 is 23.2 Å². The lowest BCUT2D eigenvalue weighted by Gasteiger charge is -2.12. The van der Waals surface area contributed by atoms with Crippen LogP contribution in [0.15, 0.2) is 42.5 Å². The number of hydrogen-bond donors (Lipinski definition) is 0. The van der Waals surface area contributed by atoms with E-state index >= 15 is 0 Å². The third-order valence-corrected chi connectivity index (χ3v) is 3.78. The van der Waals surface area contributed by atoms with Crippen LogP contribution in [-0.4, -0.2) is 7.11 Å². The van der Waals surface area contributed by atoms with Crippen LogP contribution in [0, 0.1) is 6.92 Å². The second-order valence-corrected chi connectivity index (χ2v) is 5.48. The van der Waals surface area contributed by atoms with Crippen LogP contribution in [0.25, 0.3) is 0 Å². The summed E-state index contributed by atoms with van der Waals surface area (Å²) in [5.41, 5.74) is 3.28. The van der Waals surface area contributed by atoms with E-state index in [0.717, 1.165) is 33.9 Å². The second-order valence-electron chi connectivity index (χ2n) is 4.54. The lowest BCUT2D eigenvalue weighted by atomic mass is 10.0. The molecule has 0 aliphatic rings. The number of ether oxygens (including phenoxy) is 1. The van der Waals surface area contributed by atoms with Crippen LogP contribution in [0.2, 0.25) is 5.02 Å². The molecule has 0 saturated heterocycles. The minimum atomic E-state index is -0.124. The fourth-order valence-corrected chi connectivity index (χ4v) is 2.76. The molecule has 0 fully saturated rings. The van der Waals surface area contributed by atoms with Gasteiger partial charge in [0, 0.05) is 5.02 Å². The van der Waals surface area contributed by atoms with Crippen LogP contribution in [0.3, 0.4) is 0 Å². The van der Waals surface area contributed by atoms with E-state index in [1.807, 2.05) is 49.4 Å². The van der Waals surface area contributed by atoms with E-state index in [9.17, 15) is 0 Å². The third-order valence-electron chi connectivity index (χ3n) is 3.07. The fourth-order valence-electron chi connectivity index (χ4n) is 1.96. The Bertz CT molecular complexity index is 549. The van der Waals surface area contributed by atoms with Gasteiger partial charge in [-0.25, -0.2) is 0 Å². The van der Waals surface area contributed by atoms with E-state index < -0.39 is 0 Å². The largest absolute Gasteiger partial charge is 0.497 e. The zero-order valence-electron chi connectivity index (χ0n) is 11.0. The Kier molecular flexibility index (Phi) is 4.73. The van der Waals surface area contributed by atoms with Gasteiger partial charge in [-0.15, -0.1) is 11.6 Å². The van der Waals surface area contributed by atoms with Crippen molar-refractivity contribution < 1.29 is 4.74 Å². The summed E-state index contributed by atoms with van der Waals surface area (Å²) in [4.78, 5) is 0. The molecule has 2 aromatic rings. The molecule has 0 aromatic heterocycles. The molecule has 0 bridgehead atoms. The molecule has 0 radical (unpaired) electrons. The average molecular weight is 295 g/mol. The number of alkyl halides is 1. The molecule has 0 aliphatic carbocycles. The van der Waals surface area contributed by atoms with Gasteiger partial charge in [0.2, 0.25) is 0 Å². The summed E-state index contributed by atoms with van der Waals surface area (Å²) >= 11 is 12.7. The van der Waals surface area contributed by atoms with Gasteiger partial charge in [-0.05, 0) is 48.2 Å². The standard InChI is InChI=1S/C16H16Cl2O/c1-11-3-8-14(15(17)9-11)16(18)10-12-4-6-13(19-2)7-5-12/h3-9,16H,10H2,1-2H3. The molecule has 100 valence electrons. The van der Waals surface area contributed by atoms with Gasteiger partial charge in [0.15, 0.2) is 0 Å². The Morgan fingerprint density at radius 1 is 1.11 bits per heavy atom. The lowest BCUT2D eigenvalue weighted by molar-refractivity contribution is 0.414. The van der Waals surface area contributed by atoms with Crippen molar-refractivity contribution in [1.82, 2.24) is 0 Å². The Labute approximate surface area is 124 Å². The Hall–Kier alpha value is -1.18. The van der Waals surface area contributed by atoms with Crippen molar-refractivity contribution in [3.8, 4) is 5.75 Å². The summed E-state index contributed by atoms with van der Waals surface area (Å²) in [5.74, 6) is 0.850. The topological polar surface area (TPSA) is 9.23 Å². The number of methoxy groups -OCH3 is 1. The van der Waals surface area contributed by atoms with Crippen LogP contribution in [0.4, 0.5) is 0 Å². The van der Waals surface area contributed by atoms with Crippen LogP contribution >= 0.6 is 23.2 Å². The van der Waals surface area contributed by atoms with Gasteiger partial charge in [-0.2, -0.15) is 0 Å². The van der Waals surface area contributed by atoms with E-state index in [2.05, 4.69) is 0 Å². The maximum absolute atomic E-state index is 6.46. The number of benzene rings is 2. The molecule has 0 amide bonds. The summed E-state index contributed by atoms with van der Waals surface area (Å²) in [7, 11) is 1.66. The van der Waals surface area contributed by atoms with Gasteiger partial charge < -0.3 is 4.74 Å². The zero-order valence-corrected chi connectivity index (χ0v) is 12.5. The normalized spacial score (nSPS) is 12.2. The molecule has 1 unspecified atom stereocenters. The highest BCUT2D eigenvalue weighted by atomic mass is 35.5. The van der Waals surface area contributed by atoms with Crippen molar-refractivity contribution in [3.05, 3.63) is 64.2 Å². The van der Waals surface area contributed by atoms with Crippen LogP contribution in [0.5, 0.6) is 5.75 Å². The van der Waals surface area contributed by atoms with Gasteiger partial charge in [0.25, 0.3) is 0 Å². The molecule has 1 atom stereocenters. The molecular formula is C16H16Cl2O. The smallest absolute Gasteiger partial charge is 0.118 e. The molecule has 0 heterocycles. The Balaban J connectivity index is 2.13. The minimum Gasteiger partial charge on any atom is -0.497 e. The van der Waals surface area contributed by atoms with Crippen LogP contribution in [0.1, 0.15) is 22.1 Å². The summed E-state index contributed by atoms with van der Waals surface area (Å²) in [6.07, 6.45) is 0.744. The van der Waals surface area contributed by atoms with E-state index in [1.54, 1.807) is 7.11 Å². The fraction of sp³-hybridized carbons (Fsp3) is 0.250. The molecule has 2 aromatic carbocycles. The van der Waals surface area contributed by atoms with E-state index in [-0.39, 0.29) is 5.38 Å². The molecule has 3 heteroatoms. The van der Waals surface area contributed by atoms with Gasteiger partial charge in [0.05, 0.1) is 12.5 Å². The third kappa shape index (κ3) is 3.65. The molecule has 0 saturated carbocycles. The Morgan fingerprint density at radius 2 is 1.79 bits per heavy atom. The number of rotatable bonds is 4. The molecule has 0 N–H and O–H groups in total. The van der Waals surface area contributed by atoms with Crippen molar-refractivity contribution in [2.75, 3.05) is 7.11 Å². The van der Waals surface area contributed by atoms with Crippen molar-refractivity contribution in [3.63, 3.8) is 0 Å². The first-order valence-corrected chi connectivity index (χ1v) is 6.94. The first kappa shape index (κ1) is 14.2. The highest BCUT2D eigenvalue weighted by Gasteiger charge is 2.12. The summed E-state index contributed by atoms with van der Waals surface area (Å²) in [6, 6.07) is 13.9. The van der Waals surface area contributed by atoms with Gasteiger partial charge in [0.1, 0.15) is 5.75 Å². The van der Waals surface area contributed by atoms with E-state index in [0.29, 0.717) is 0 Å². The number of halogens is 2. The average Bonchev–Trinajstić information content (AvgIpc) is 2.39. The summed E-state index contributed by atoms with van der Waals surface area (Å²) in [6.45, 7) is 2.02. The molecule has 0 spiro atoms. The first-order chi connectivity index (χ1) is 9.10. The minimum absolute atomic E-state index is 0.124. The van der Waals surface area contributed by atoms with E-state index in [1.165, 1.54) is 0 Å². The Morgan fingerprint density at radius 3 is 2.37 bits per heavy atom. The highest BCUT2D eigenvalue weighted by Crippen LogP contribution is 2.31. The molecule has 2 rings (SSSR count). The number of hydrogen-bond acceptors (Lipinski definition) is 1. The summed E-state index contributed by atoms with van der Waals surface area (Å²) in [5, 5.41) is 0.606. The first-order valence-electron chi connectivity index (χ1n) is 6.13. The van der Waals surface area contributed by atoms with Crippen molar-refractivity contribution in [1.29, 1.82) is 0 Å². The maximum atomic E-state index is 6.46. The summed E-state index contributed by atoms with van der Waals surface area (Å²) < 4.78 is 5.14. The maximum Gasteiger partial charge on any atom is 0.118 e. The predicted octanol–water partition coefficient (Wildman–Crippen LogP) is 5.18. The molecule has 19 heavy (non-hydrogen) atoms. The predicted molar refractivity (Wildman–Crippen MR) is 81.5 cm³/mol. The quantitative estimate of drug-likeness (QED) is 0.706. The lowest BCUT2D eigenvalue weighted by Crippen LogP contribution is -1.97. The number of aryl methyl sites for hydroxylation is 1. The SMILES string of the molecule is COc1ccc(CC(Cl)c2ccc(C)cc2Cl)cc1. The highest BCUT2D eigenvalue weighted by molar-refractivity contribution is 6.32. The van der Waals surface area contributed by atoms with Crippen LogP contribution in [-0.2, 0) is 6.42 Å².